The number of esters is 1. The van der Waals surface area contributed by atoms with Crippen molar-refractivity contribution in [2.75, 3.05) is 6.61 Å². The molecule has 0 spiro atoms. The Morgan fingerprint density at radius 1 is 1.17 bits per heavy atom. The number of benzene rings is 1. The molecule has 2 heterocycles. The molecule has 0 aliphatic rings. The van der Waals surface area contributed by atoms with Gasteiger partial charge in [-0.1, -0.05) is 11.6 Å². The first-order valence-corrected chi connectivity index (χ1v) is 9.34. The van der Waals surface area contributed by atoms with Gasteiger partial charge in [0.1, 0.15) is 11.3 Å². The van der Waals surface area contributed by atoms with Crippen LogP contribution >= 0.6 is 11.6 Å². The highest BCUT2D eigenvalue weighted by molar-refractivity contribution is 6.32. The summed E-state index contributed by atoms with van der Waals surface area (Å²) in [6.07, 6.45) is 0.531. The molecule has 2 aromatic heterocycles. The third-order valence-electron chi connectivity index (χ3n) is 3.95. The second kappa shape index (κ2) is 7.75. The maximum absolute atomic E-state index is 13.2. The van der Waals surface area contributed by atoms with Crippen molar-refractivity contribution in [3.8, 4) is 0 Å². The van der Waals surface area contributed by atoms with Crippen LogP contribution in [0.5, 0.6) is 0 Å². The number of halogens is 1. The maximum atomic E-state index is 13.2. The van der Waals surface area contributed by atoms with E-state index < -0.39 is 23.4 Å². The van der Waals surface area contributed by atoms with E-state index in [-0.39, 0.29) is 23.6 Å². The van der Waals surface area contributed by atoms with E-state index in [1.165, 1.54) is 18.4 Å². The van der Waals surface area contributed by atoms with Gasteiger partial charge in [-0.05, 0) is 58.0 Å². The molecule has 0 fully saturated rings. The molecular weight excluding hydrogens is 398 g/mol. The summed E-state index contributed by atoms with van der Waals surface area (Å²) in [4.78, 5) is 39.0. The Morgan fingerprint density at radius 2 is 1.90 bits per heavy atom. The third kappa shape index (κ3) is 4.05. The molecule has 29 heavy (non-hydrogen) atoms. The van der Waals surface area contributed by atoms with E-state index in [1.54, 1.807) is 45.9 Å². The number of hydrogen-bond donors (Lipinski definition) is 0. The number of hydrogen-bond acceptors (Lipinski definition) is 6. The lowest BCUT2D eigenvalue weighted by Crippen LogP contribution is -2.29. The molecule has 152 valence electrons. The lowest BCUT2D eigenvalue weighted by Gasteiger charge is -2.20. The number of rotatable bonds is 4. The molecule has 1 aromatic carbocycles. The summed E-state index contributed by atoms with van der Waals surface area (Å²) in [5, 5.41) is 0.649. The highest BCUT2D eigenvalue weighted by atomic mass is 35.5. The van der Waals surface area contributed by atoms with E-state index >= 15 is 0 Å². The van der Waals surface area contributed by atoms with E-state index in [1.807, 2.05) is 0 Å². The van der Waals surface area contributed by atoms with Crippen LogP contribution in [-0.4, -0.2) is 34.6 Å². The number of ether oxygens (including phenoxy) is 2. The molecular formula is C21H20ClNO6. The molecule has 7 nitrogen and oxygen atoms in total. The van der Waals surface area contributed by atoms with Gasteiger partial charge in [0.05, 0.1) is 24.0 Å². The van der Waals surface area contributed by atoms with Crippen LogP contribution in [-0.2, 0) is 9.47 Å². The Kier molecular flexibility index (Phi) is 5.53. The topological polar surface area (TPSA) is 87.7 Å². The summed E-state index contributed by atoms with van der Waals surface area (Å²) in [6, 6.07) is 7.64. The normalized spacial score (nSPS) is 11.5. The molecule has 0 saturated heterocycles. The zero-order valence-electron chi connectivity index (χ0n) is 16.4. The van der Waals surface area contributed by atoms with Crippen molar-refractivity contribution < 1.29 is 28.3 Å². The lowest BCUT2D eigenvalue weighted by molar-refractivity contribution is 0.0452. The van der Waals surface area contributed by atoms with Gasteiger partial charge >= 0.3 is 12.1 Å². The predicted molar refractivity (Wildman–Crippen MR) is 107 cm³/mol. The molecule has 3 rings (SSSR count). The second-order valence-electron chi connectivity index (χ2n) is 7.23. The van der Waals surface area contributed by atoms with Crippen molar-refractivity contribution in [3.63, 3.8) is 0 Å². The molecule has 0 radical (unpaired) electrons. The van der Waals surface area contributed by atoms with Gasteiger partial charge in [-0.15, -0.1) is 0 Å². The maximum Gasteiger partial charge on any atom is 0.419 e. The first-order valence-electron chi connectivity index (χ1n) is 8.96. The van der Waals surface area contributed by atoms with E-state index in [0.29, 0.717) is 15.9 Å². The van der Waals surface area contributed by atoms with E-state index in [0.717, 1.165) is 4.57 Å². The van der Waals surface area contributed by atoms with Gasteiger partial charge in [0.15, 0.2) is 5.76 Å². The number of ketones is 1. The fraction of sp³-hybridized carbons (Fsp3) is 0.286. The first kappa shape index (κ1) is 20.7. The van der Waals surface area contributed by atoms with Crippen LogP contribution in [0.25, 0.3) is 10.9 Å². The largest absolute Gasteiger partial charge is 0.461 e. The predicted octanol–water partition coefficient (Wildman–Crippen LogP) is 5.08. The first-order chi connectivity index (χ1) is 13.6. The molecule has 8 heteroatoms. The average Bonchev–Trinajstić information content (AvgIpc) is 3.25. The van der Waals surface area contributed by atoms with Crippen molar-refractivity contribution >= 4 is 40.3 Å². The summed E-state index contributed by atoms with van der Waals surface area (Å²) in [5.41, 5.74) is -0.805. The Bertz CT molecular complexity index is 1090. The minimum atomic E-state index is -0.833. The summed E-state index contributed by atoms with van der Waals surface area (Å²) in [7, 11) is 0. The van der Waals surface area contributed by atoms with E-state index in [4.69, 9.17) is 25.5 Å². The highest BCUT2D eigenvalue weighted by Gasteiger charge is 2.34. The van der Waals surface area contributed by atoms with Crippen LogP contribution in [0.4, 0.5) is 4.79 Å². The Balaban J connectivity index is 2.36. The monoisotopic (exact) mass is 417 g/mol. The van der Waals surface area contributed by atoms with Crippen LogP contribution in [0, 0.1) is 0 Å². The van der Waals surface area contributed by atoms with Gasteiger partial charge in [-0.25, -0.2) is 14.2 Å². The van der Waals surface area contributed by atoms with Crippen LogP contribution in [0.3, 0.4) is 0 Å². The van der Waals surface area contributed by atoms with Gasteiger partial charge in [-0.2, -0.15) is 0 Å². The summed E-state index contributed by atoms with van der Waals surface area (Å²) in [5.74, 6) is -1.40. The summed E-state index contributed by atoms with van der Waals surface area (Å²) in [6.45, 7) is 6.79. The molecule has 0 amide bonds. The third-order valence-corrected chi connectivity index (χ3v) is 4.18. The molecule has 0 bridgehead atoms. The van der Waals surface area contributed by atoms with E-state index in [2.05, 4.69) is 0 Å². The number of fused-ring (bicyclic) bond motifs is 1. The van der Waals surface area contributed by atoms with Crippen LogP contribution in [0.1, 0.15) is 54.3 Å². The standard InChI is InChI=1S/C21H20ClNO6/c1-5-27-19(25)17-16(18(24)15-7-6-10-28-15)13-11-12(22)8-9-14(13)23(17)20(26)29-21(2,3)4/h6-11H,5H2,1-4H3. The second-order valence-corrected chi connectivity index (χ2v) is 7.66. The minimum absolute atomic E-state index is 0.0127. The highest BCUT2D eigenvalue weighted by Crippen LogP contribution is 2.32. The molecule has 0 N–H and O–H groups in total. The van der Waals surface area contributed by atoms with Crippen LogP contribution in [0.2, 0.25) is 5.02 Å². The minimum Gasteiger partial charge on any atom is -0.461 e. The fourth-order valence-corrected chi connectivity index (χ4v) is 3.09. The lowest BCUT2D eigenvalue weighted by atomic mass is 10.0. The van der Waals surface area contributed by atoms with Crippen molar-refractivity contribution in [1.29, 1.82) is 0 Å². The number of carbonyl (C=O) groups is 3. The van der Waals surface area contributed by atoms with Gasteiger partial charge in [0.2, 0.25) is 5.78 Å². The van der Waals surface area contributed by atoms with Crippen molar-refractivity contribution in [1.82, 2.24) is 4.57 Å². The van der Waals surface area contributed by atoms with Crippen LogP contribution < -0.4 is 0 Å². The summed E-state index contributed by atoms with van der Waals surface area (Å²) >= 11 is 6.13. The van der Waals surface area contributed by atoms with Gasteiger partial charge < -0.3 is 13.9 Å². The average molecular weight is 418 g/mol. The zero-order chi connectivity index (χ0) is 21.3. The number of aromatic nitrogens is 1. The van der Waals surface area contributed by atoms with Crippen molar-refractivity contribution in [2.45, 2.75) is 33.3 Å². The fourth-order valence-electron chi connectivity index (χ4n) is 2.91. The number of nitrogens with zero attached hydrogens (tertiary/aromatic N) is 1. The molecule has 3 aromatic rings. The van der Waals surface area contributed by atoms with Crippen molar-refractivity contribution in [3.05, 3.63) is 58.6 Å². The van der Waals surface area contributed by atoms with Crippen molar-refractivity contribution in [2.24, 2.45) is 0 Å². The molecule has 0 unspecified atom stereocenters. The Hall–Kier alpha value is -3.06. The van der Waals surface area contributed by atoms with E-state index in [9.17, 15) is 14.4 Å². The zero-order valence-corrected chi connectivity index (χ0v) is 17.2. The Morgan fingerprint density at radius 3 is 2.48 bits per heavy atom. The Labute approximate surface area is 172 Å². The smallest absolute Gasteiger partial charge is 0.419 e. The molecule has 0 aliphatic heterocycles. The molecule has 0 saturated carbocycles. The van der Waals surface area contributed by atoms with Gasteiger partial charge in [0, 0.05) is 10.4 Å². The van der Waals surface area contributed by atoms with Crippen LogP contribution in [0.15, 0.2) is 41.0 Å². The quantitative estimate of drug-likeness (QED) is 0.434. The number of furan rings is 1. The van der Waals surface area contributed by atoms with Gasteiger partial charge in [0.25, 0.3) is 0 Å². The molecule has 0 atom stereocenters. The van der Waals surface area contributed by atoms with Gasteiger partial charge in [-0.3, -0.25) is 4.79 Å². The SMILES string of the molecule is CCOC(=O)c1c(C(=O)c2ccco2)c2cc(Cl)ccc2n1C(=O)OC(C)(C)C. The molecule has 0 aliphatic carbocycles. The number of carbonyl (C=O) groups excluding carboxylic acids is 3. The summed E-state index contributed by atoms with van der Waals surface area (Å²) < 4.78 is 16.9.